The number of hydrazone groups is 1. The molecule has 0 saturated heterocycles. The van der Waals surface area contributed by atoms with Crippen molar-refractivity contribution in [3.05, 3.63) is 46.0 Å². The van der Waals surface area contributed by atoms with Crippen LogP contribution in [0, 0.1) is 5.92 Å². The van der Waals surface area contributed by atoms with Crippen molar-refractivity contribution in [1.29, 1.82) is 0 Å². The van der Waals surface area contributed by atoms with Gasteiger partial charge >= 0.3 is 5.97 Å². The van der Waals surface area contributed by atoms with Gasteiger partial charge in [-0.3, -0.25) is 24.7 Å². The lowest BCUT2D eigenvalue weighted by Crippen LogP contribution is -2.31. The summed E-state index contributed by atoms with van der Waals surface area (Å²) in [6.07, 6.45) is 2.45. The second-order valence-corrected chi connectivity index (χ2v) is 8.10. The van der Waals surface area contributed by atoms with Gasteiger partial charge in [-0.25, -0.2) is 4.98 Å². The standard InChI is InChI=1S/C21H24N4O4S/c1-4-29-18(26)10-15-12-30-21(23-15)24-22-11-14-5-6-16-17(9-14)20(28)25(19(16)27)8-7-13(2)3/h5-6,9,11-13H,4,7-8,10H2,1-3H3,(H,23,24). The fourth-order valence-electron chi connectivity index (χ4n) is 2.94. The van der Waals surface area contributed by atoms with E-state index in [1.807, 2.05) is 0 Å². The summed E-state index contributed by atoms with van der Waals surface area (Å²) >= 11 is 1.32. The molecule has 30 heavy (non-hydrogen) atoms. The molecule has 2 heterocycles. The molecule has 1 aromatic carbocycles. The Labute approximate surface area is 178 Å². The number of imide groups is 1. The molecule has 2 amide bonds. The van der Waals surface area contributed by atoms with E-state index in [4.69, 9.17) is 4.74 Å². The van der Waals surface area contributed by atoms with Crippen molar-refractivity contribution in [3.8, 4) is 0 Å². The van der Waals surface area contributed by atoms with Crippen molar-refractivity contribution >= 4 is 40.5 Å². The highest BCUT2D eigenvalue weighted by Crippen LogP contribution is 2.24. The molecule has 0 fully saturated rings. The van der Waals surface area contributed by atoms with Crippen molar-refractivity contribution in [1.82, 2.24) is 9.88 Å². The molecule has 158 valence electrons. The van der Waals surface area contributed by atoms with Crippen molar-refractivity contribution in [2.24, 2.45) is 11.0 Å². The number of amides is 2. The molecule has 0 atom stereocenters. The van der Waals surface area contributed by atoms with Gasteiger partial charge in [-0.05, 0) is 37.0 Å². The highest BCUT2D eigenvalue weighted by molar-refractivity contribution is 7.13. The van der Waals surface area contributed by atoms with E-state index in [-0.39, 0.29) is 24.2 Å². The van der Waals surface area contributed by atoms with Gasteiger partial charge in [0, 0.05) is 11.9 Å². The molecule has 1 N–H and O–H groups in total. The first-order chi connectivity index (χ1) is 14.4. The maximum atomic E-state index is 12.6. The lowest BCUT2D eigenvalue weighted by atomic mass is 10.1. The molecule has 1 aromatic heterocycles. The van der Waals surface area contributed by atoms with Crippen molar-refractivity contribution in [2.75, 3.05) is 18.6 Å². The van der Waals surface area contributed by atoms with Crippen molar-refractivity contribution in [2.45, 2.75) is 33.6 Å². The number of carbonyl (C=O) groups is 3. The summed E-state index contributed by atoms with van der Waals surface area (Å²) in [5.74, 6) is -0.416. The summed E-state index contributed by atoms with van der Waals surface area (Å²) in [6.45, 7) is 6.63. The highest BCUT2D eigenvalue weighted by Gasteiger charge is 2.35. The lowest BCUT2D eigenvalue weighted by molar-refractivity contribution is -0.142. The van der Waals surface area contributed by atoms with E-state index in [2.05, 4.69) is 29.4 Å². The second kappa shape index (κ2) is 9.62. The maximum Gasteiger partial charge on any atom is 0.311 e. The first-order valence-corrected chi connectivity index (χ1v) is 10.7. The van der Waals surface area contributed by atoms with E-state index in [0.717, 1.165) is 6.42 Å². The quantitative estimate of drug-likeness (QED) is 0.285. The van der Waals surface area contributed by atoms with Gasteiger partial charge in [-0.15, -0.1) is 11.3 Å². The number of esters is 1. The van der Waals surface area contributed by atoms with E-state index in [1.165, 1.54) is 16.2 Å². The molecule has 0 saturated carbocycles. The van der Waals surface area contributed by atoms with Crippen LogP contribution in [0.5, 0.6) is 0 Å². The van der Waals surface area contributed by atoms with Crippen LogP contribution >= 0.6 is 11.3 Å². The first kappa shape index (κ1) is 21.6. The Kier molecular flexibility index (Phi) is 6.94. The van der Waals surface area contributed by atoms with Crippen LogP contribution in [-0.2, 0) is 16.0 Å². The number of aromatic nitrogens is 1. The molecule has 1 aliphatic heterocycles. The molecule has 3 rings (SSSR count). The average Bonchev–Trinajstić information content (AvgIpc) is 3.23. The number of fused-ring (bicyclic) bond motifs is 1. The summed E-state index contributed by atoms with van der Waals surface area (Å²) in [4.78, 5) is 42.2. The molecule has 2 aromatic rings. The summed E-state index contributed by atoms with van der Waals surface area (Å²) in [5.41, 5.74) is 4.94. The molecule has 1 aliphatic rings. The third-order valence-corrected chi connectivity index (χ3v) is 5.28. The van der Waals surface area contributed by atoms with Crippen LogP contribution in [-0.4, -0.2) is 47.0 Å². The van der Waals surface area contributed by atoms with Gasteiger partial charge in [0.05, 0.1) is 36.1 Å². The van der Waals surface area contributed by atoms with Crippen LogP contribution in [0.25, 0.3) is 0 Å². The fraction of sp³-hybridized carbons (Fsp3) is 0.381. The van der Waals surface area contributed by atoms with Gasteiger partial charge in [0.1, 0.15) is 0 Å². The van der Waals surface area contributed by atoms with E-state index in [1.54, 1.807) is 36.7 Å². The Morgan fingerprint density at radius 3 is 2.80 bits per heavy atom. The fourth-order valence-corrected chi connectivity index (χ4v) is 3.60. The normalized spacial score (nSPS) is 13.4. The summed E-state index contributed by atoms with van der Waals surface area (Å²) in [6, 6.07) is 5.08. The number of nitrogens with one attached hydrogen (secondary N) is 1. The number of hydrogen-bond donors (Lipinski definition) is 1. The first-order valence-electron chi connectivity index (χ1n) is 9.78. The van der Waals surface area contributed by atoms with Crippen LogP contribution in [0.3, 0.4) is 0 Å². The Morgan fingerprint density at radius 2 is 2.07 bits per heavy atom. The van der Waals surface area contributed by atoms with E-state index in [0.29, 0.717) is 46.6 Å². The van der Waals surface area contributed by atoms with E-state index >= 15 is 0 Å². The predicted molar refractivity (Wildman–Crippen MR) is 115 cm³/mol. The number of hydrogen-bond acceptors (Lipinski definition) is 8. The molecule has 8 nitrogen and oxygen atoms in total. The van der Waals surface area contributed by atoms with Crippen LogP contribution in [0.15, 0.2) is 28.7 Å². The largest absolute Gasteiger partial charge is 0.466 e. The van der Waals surface area contributed by atoms with Crippen LogP contribution in [0.1, 0.15) is 59.2 Å². The zero-order chi connectivity index (χ0) is 21.7. The molecule has 0 spiro atoms. The molecule has 0 unspecified atom stereocenters. The van der Waals surface area contributed by atoms with Crippen molar-refractivity contribution in [3.63, 3.8) is 0 Å². The minimum atomic E-state index is -0.322. The number of nitrogens with zero attached hydrogens (tertiary/aromatic N) is 3. The predicted octanol–water partition coefficient (Wildman–Crippen LogP) is 3.34. The van der Waals surface area contributed by atoms with Gasteiger partial charge in [0.2, 0.25) is 5.13 Å². The SMILES string of the molecule is CCOC(=O)Cc1csc(NN=Cc2ccc3c(c2)C(=O)N(CCC(C)C)C3=O)n1. The van der Waals surface area contributed by atoms with Gasteiger partial charge in [-0.2, -0.15) is 5.10 Å². The van der Waals surface area contributed by atoms with Gasteiger partial charge in [0.15, 0.2) is 0 Å². The zero-order valence-electron chi connectivity index (χ0n) is 17.2. The van der Waals surface area contributed by atoms with Gasteiger partial charge in [-0.1, -0.05) is 19.9 Å². The van der Waals surface area contributed by atoms with Crippen LogP contribution in [0.2, 0.25) is 0 Å². The Morgan fingerprint density at radius 1 is 1.30 bits per heavy atom. The van der Waals surface area contributed by atoms with Crippen LogP contribution in [0.4, 0.5) is 5.13 Å². The molecule has 0 aliphatic carbocycles. The Bertz CT molecular complexity index is 983. The maximum absolute atomic E-state index is 12.6. The van der Waals surface area contributed by atoms with Crippen molar-refractivity contribution < 1.29 is 19.1 Å². The zero-order valence-corrected chi connectivity index (χ0v) is 18.0. The monoisotopic (exact) mass is 428 g/mol. The highest BCUT2D eigenvalue weighted by atomic mass is 32.1. The summed E-state index contributed by atoms with van der Waals surface area (Å²) in [7, 11) is 0. The second-order valence-electron chi connectivity index (χ2n) is 7.25. The molecular weight excluding hydrogens is 404 g/mol. The smallest absolute Gasteiger partial charge is 0.311 e. The average molecular weight is 429 g/mol. The van der Waals surface area contributed by atoms with Crippen LogP contribution < -0.4 is 5.43 Å². The number of rotatable bonds is 9. The minimum absolute atomic E-state index is 0.115. The topological polar surface area (TPSA) is 101 Å². The number of carbonyl (C=O) groups excluding carboxylic acids is 3. The van der Waals surface area contributed by atoms with Gasteiger partial charge in [0.25, 0.3) is 11.8 Å². The summed E-state index contributed by atoms with van der Waals surface area (Å²) in [5, 5.41) is 6.44. The number of thiazole rings is 1. The molecule has 0 bridgehead atoms. The summed E-state index contributed by atoms with van der Waals surface area (Å²) < 4.78 is 4.90. The van der Waals surface area contributed by atoms with E-state index in [9.17, 15) is 14.4 Å². The Hall–Kier alpha value is -3.07. The number of ether oxygens (including phenoxy) is 1. The Balaban J connectivity index is 1.62. The minimum Gasteiger partial charge on any atom is -0.466 e. The molecule has 9 heteroatoms. The molecule has 0 radical (unpaired) electrons. The lowest BCUT2D eigenvalue weighted by Gasteiger charge is -2.14. The number of benzene rings is 1. The third-order valence-electron chi connectivity index (χ3n) is 4.48. The number of anilines is 1. The molecular formula is C21H24N4O4S. The third kappa shape index (κ3) is 5.10. The van der Waals surface area contributed by atoms with Gasteiger partial charge < -0.3 is 4.74 Å². The van der Waals surface area contributed by atoms with E-state index < -0.39 is 0 Å².